The van der Waals surface area contributed by atoms with Crippen molar-refractivity contribution in [3.05, 3.63) is 62.0 Å². The first-order chi connectivity index (χ1) is 13.3. The average Bonchev–Trinajstić information content (AvgIpc) is 2.97. The van der Waals surface area contributed by atoms with Crippen molar-refractivity contribution in [3.63, 3.8) is 0 Å². The van der Waals surface area contributed by atoms with Crippen molar-refractivity contribution < 1.29 is 14.3 Å². The summed E-state index contributed by atoms with van der Waals surface area (Å²) in [6, 6.07) is 7.79. The SMILES string of the molecule is Cc1ccc(CNC(=O)[C@H](C)OC(=O)c2sc3nc(C)[nH]c(=O)c3c2C)cc1. The van der Waals surface area contributed by atoms with Crippen LogP contribution in [0, 0.1) is 20.8 Å². The summed E-state index contributed by atoms with van der Waals surface area (Å²) in [5.41, 5.74) is 2.31. The predicted molar refractivity (Wildman–Crippen MR) is 108 cm³/mol. The highest BCUT2D eigenvalue weighted by molar-refractivity contribution is 7.20. The van der Waals surface area contributed by atoms with Gasteiger partial charge in [0, 0.05) is 6.54 Å². The van der Waals surface area contributed by atoms with Crippen LogP contribution in [0.4, 0.5) is 0 Å². The summed E-state index contributed by atoms with van der Waals surface area (Å²) in [4.78, 5) is 44.5. The normalized spacial score (nSPS) is 12.0. The molecule has 0 bridgehead atoms. The Labute approximate surface area is 165 Å². The summed E-state index contributed by atoms with van der Waals surface area (Å²) >= 11 is 1.09. The zero-order valence-corrected chi connectivity index (χ0v) is 16.9. The van der Waals surface area contributed by atoms with E-state index in [4.69, 9.17) is 4.74 Å². The number of thiophene rings is 1. The molecule has 2 heterocycles. The number of hydrogen-bond donors (Lipinski definition) is 2. The van der Waals surface area contributed by atoms with Crippen molar-refractivity contribution in [2.75, 3.05) is 0 Å². The van der Waals surface area contributed by atoms with E-state index in [-0.39, 0.29) is 16.3 Å². The third kappa shape index (κ3) is 4.12. The predicted octanol–water partition coefficient (Wildman–Crippen LogP) is 2.77. The number of fused-ring (bicyclic) bond motifs is 1. The molecule has 0 fully saturated rings. The van der Waals surface area contributed by atoms with Crippen LogP contribution in [-0.4, -0.2) is 27.9 Å². The Kier molecular flexibility index (Phi) is 5.60. The van der Waals surface area contributed by atoms with Crippen molar-refractivity contribution in [2.45, 2.75) is 40.3 Å². The first-order valence-electron chi connectivity index (χ1n) is 8.80. The van der Waals surface area contributed by atoms with Crippen LogP contribution in [-0.2, 0) is 16.1 Å². The van der Waals surface area contributed by atoms with Crippen LogP contribution in [0.5, 0.6) is 0 Å². The summed E-state index contributed by atoms with van der Waals surface area (Å²) < 4.78 is 5.31. The molecule has 3 rings (SSSR count). The molecule has 1 aromatic carbocycles. The van der Waals surface area contributed by atoms with Gasteiger partial charge in [-0.25, -0.2) is 9.78 Å². The fourth-order valence-electron chi connectivity index (χ4n) is 2.75. The van der Waals surface area contributed by atoms with E-state index in [9.17, 15) is 14.4 Å². The number of carbonyl (C=O) groups excluding carboxylic acids is 2. The zero-order valence-electron chi connectivity index (χ0n) is 16.1. The molecule has 2 aromatic heterocycles. The largest absolute Gasteiger partial charge is 0.448 e. The van der Waals surface area contributed by atoms with E-state index in [0.717, 1.165) is 22.5 Å². The molecule has 1 amide bonds. The molecule has 8 heteroatoms. The molecule has 0 aliphatic carbocycles. The number of aryl methyl sites for hydroxylation is 3. The minimum absolute atomic E-state index is 0.275. The van der Waals surface area contributed by atoms with E-state index in [0.29, 0.717) is 28.1 Å². The van der Waals surface area contributed by atoms with Gasteiger partial charge in [0.25, 0.3) is 11.5 Å². The van der Waals surface area contributed by atoms with Crippen LogP contribution in [0.3, 0.4) is 0 Å². The van der Waals surface area contributed by atoms with E-state index in [1.807, 2.05) is 31.2 Å². The highest BCUT2D eigenvalue weighted by Gasteiger charge is 2.24. The first-order valence-corrected chi connectivity index (χ1v) is 9.62. The maximum Gasteiger partial charge on any atom is 0.349 e. The number of ether oxygens (including phenoxy) is 1. The monoisotopic (exact) mass is 399 g/mol. The molecule has 0 aliphatic heterocycles. The Balaban J connectivity index is 1.68. The van der Waals surface area contributed by atoms with Gasteiger partial charge in [0.15, 0.2) is 6.10 Å². The number of aromatic nitrogens is 2. The Bertz CT molecular complexity index is 1100. The topological polar surface area (TPSA) is 101 Å². The quantitative estimate of drug-likeness (QED) is 0.643. The molecular weight excluding hydrogens is 378 g/mol. The first kappa shape index (κ1) is 19.8. The van der Waals surface area contributed by atoms with Gasteiger partial charge < -0.3 is 15.0 Å². The Hall–Kier alpha value is -3.00. The van der Waals surface area contributed by atoms with Gasteiger partial charge in [0.1, 0.15) is 15.5 Å². The van der Waals surface area contributed by atoms with Gasteiger partial charge in [-0.05, 0) is 38.8 Å². The van der Waals surface area contributed by atoms with Crippen molar-refractivity contribution in [3.8, 4) is 0 Å². The van der Waals surface area contributed by atoms with Crippen LogP contribution in [0.2, 0.25) is 0 Å². The van der Waals surface area contributed by atoms with Crippen LogP contribution < -0.4 is 10.9 Å². The lowest BCUT2D eigenvalue weighted by molar-refractivity contribution is -0.129. The highest BCUT2D eigenvalue weighted by atomic mass is 32.1. The number of amides is 1. The molecule has 2 N–H and O–H groups in total. The molecule has 1 atom stereocenters. The van der Waals surface area contributed by atoms with E-state index in [1.54, 1.807) is 13.8 Å². The van der Waals surface area contributed by atoms with E-state index >= 15 is 0 Å². The van der Waals surface area contributed by atoms with Crippen molar-refractivity contribution >= 4 is 33.4 Å². The van der Waals surface area contributed by atoms with Crippen LogP contribution in [0.1, 0.15) is 39.1 Å². The van der Waals surface area contributed by atoms with Crippen molar-refractivity contribution in [1.82, 2.24) is 15.3 Å². The van der Waals surface area contributed by atoms with E-state index < -0.39 is 12.1 Å². The van der Waals surface area contributed by atoms with Crippen LogP contribution in [0.15, 0.2) is 29.1 Å². The number of H-pyrrole nitrogens is 1. The molecule has 0 saturated carbocycles. The standard InChI is InChI=1S/C20H21N3O4S/c1-10-5-7-14(8-6-10)9-21-17(24)12(3)27-20(26)16-11(2)15-18(25)22-13(4)23-19(15)28-16/h5-8,12H,9H2,1-4H3,(H,21,24)(H,22,23,25)/t12-/m0/s1. The lowest BCUT2D eigenvalue weighted by Gasteiger charge is -2.13. The lowest BCUT2D eigenvalue weighted by Crippen LogP contribution is -2.35. The molecule has 0 spiro atoms. The van der Waals surface area contributed by atoms with Crippen LogP contribution in [0.25, 0.3) is 10.2 Å². The smallest absolute Gasteiger partial charge is 0.349 e. The van der Waals surface area contributed by atoms with Gasteiger partial charge in [-0.15, -0.1) is 11.3 Å². The number of rotatable bonds is 5. The Morgan fingerprint density at radius 2 is 1.89 bits per heavy atom. The average molecular weight is 399 g/mol. The number of benzene rings is 1. The van der Waals surface area contributed by atoms with Gasteiger partial charge >= 0.3 is 5.97 Å². The number of carbonyl (C=O) groups is 2. The molecule has 7 nitrogen and oxygen atoms in total. The van der Waals surface area contributed by atoms with Gasteiger partial charge in [-0.1, -0.05) is 29.8 Å². The maximum atomic E-state index is 12.5. The van der Waals surface area contributed by atoms with E-state index in [2.05, 4.69) is 15.3 Å². The van der Waals surface area contributed by atoms with Gasteiger partial charge in [-0.3, -0.25) is 9.59 Å². The Morgan fingerprint density at radius 3 is 2.57 bits per heavy atom. The molecule has 0 aliphatic rings. The molecule has 3 aromatic rings. The third-order valence-corrected chi connectivity index (χ3v) is 5.51. The summed E-state index contributed by atoms with van der Waals surface area (Å²) in [5, 5.41) is 3.13. The summed E-state index contributed by atoms with van der Waals surface area (Å²) in [7, 11) is 0. The fourth-order valence-corrected chi connectivity index (χ4v) is 3.86. The summed E-state index contributed by atoms with van der Waals surface area (Å²) in [5.74, 6) is -0.558. The van der Waals surface area contributed by atoms with Crippen LogP contribution >= 0.6 is 11.3 Å². The molecule has 146 valence electrons. The van der Waals surface area contributed by atoms with Gasteiger partial charge in [-0.2, -0.15) is 0 Å². The lowest BCUT2D eigenvalue weighted by atomic mass is 10.1. The second kappa shape index (κ2) is 7.93. The second-order valence-electron chi connectivity index (χ2n) is 6.64. The van der Waals surface area contributed by atoms with Gasteiger partial charge in [0.05, 0.1) is 5.39 Å². The minimum Gasteiger partial charge on any atom is -0.448 e. The third-order valence-electron chi connectivity index (χ3n) is 4.34. The number of nitrogens with zero attached hydrogens (tertiary/aromatic N) is 1. The second-order valence-corrected chi connectivity index (χ2v) is 7.64. The minimum atomic E-state index is -0.962. The summed E-state index contributed by atoms with van der Waals surface area (Å²) in [6.45, 7) is 7.20. The molecule has 0 radical (unpaired) electrons. The van der Waals surface area contributed by atoms with E-state index in [1.165, 1.54) is 6.92 Å². The van der Waals surface area contributed by atoms with Gasteiger partial charge in [0.2, 0.25) is 0 Å². The number of esters is 1. The maximum absolute atomic E-state index is 12.5. The molecule has 28 heavy (non-hydrogen) atoms. The number of hydrogen-bond acceptors (Lipinski definition) is 6. The Morgan fingerprint density at radius 1 is 1.21 bits per heavy atom. The molecule has 0 unspecified atom stereocenters. The highest BCUT2D eigenvalue weighted by Crippen LogP contribution is 2.27. The number of aromatic amines is 1. The molecule has 0 saturated heterocycles. The fraction of sp³-hybridized carbons (Fsp3) is 0.300. The summed E-state index contributed by atoms with van der Waals surface area (Å²) in [6.07, 6.45) is -0.962. The van der Waals surface area contributed by atoms with Crippen molar-refractivity contribution in [1.29, 1.82) is 0 Å². The zero-order chi connectivity index (χ0) is 20.4. The number of nitrogens with one attached hydrogen (secondary N) is 2. The molecular formula is C20H21N3O4S. The van der Waals surface area contributed by atoms with Crippen molar-refractivity contribution in [2.24, 2.45) is 0 Å².